The van der Waals surface area contributed by atoms with E-state index in [1.54, 1.807) is 0 Å². The van der Waals surface area contributed by atoms with Gasteiger partial charge in [0.1, 0.15) is 0 Å². The standard InChI is InChI=1S/C11H16N2O6S2/c1-8(11(14)19-2)21(17,18)13-10-5-3-9(4-6-10)7-20(12,15)16/h3-6,8,13H,7H2,1-2H3,(H2,12,15,16). The minimum atomic E-state index is -3.94. The minimum Gasteiger partial charge on any atom is -0.468 e. The molecule has 10 heteroatoms. The molecule has 0 aliphatic carbocycles. The molecule has 0 heterocycles. The van der Waals surface area contributed by atoms with Crippen molar-refractivity contribution in [2.45, 2.75) is 17.9 Å². The van der Waals surface area contributed by atoms with Crippen molar-refractivity contribution in [3.8, 4) is 0 Å². The van der Waals surface area contributed by atoms with Crippen molar-refractivity contribution < 1.29 is 26.4 Å². The topological polar surface area (TPSA) is 133 Å². The molecule has 0 radical (unpaired) electrons. The van der Waals surface area contributed by atoms with E-state index < -0.39 is 31.3 Å². The van der Waals surface area contributed by atoms with Crippen molar-refractivity contribution >= 4 is 31.7 Å². The third-order valence-electron chi connectivity index (χ3n) is 2.58. The van der Waals surface area contributed by atoms with E-state index >= 15 is 0 Å². The van der Waals surface area contributed by atoms with Crippen molar-refractivity contribution in [2.75, 3.05) is 11.8 Å². The molecule has 118 valence electrons. The van der Waals surface area contributed by atoms with Gasteiger partial charge in [-0.25, -0.2) is 22.0 Å². The number of ether oxygens (including phenoxy) is 1. The van der Waals surface area contributed by atoms with E-state index in [-0.39, 0.29) is 11.4 Å². The third-order valence-corrected chi connectivity index (χ3v) is 4.96. The molecule has 0 aliphatic rings. The Morgan fingerprint density at radius 1 is 1.24 bits per heavy atom. The van der Waals surface area contributed by atoms with Gasteiger partial charge < -0.3 is 4.74 Å². The number of anilines is 1. The predicted octanol–water partition coefficient (Wildman–Crippen LogP) is -0.222. The number of carbonyl (C=O) groups excluding carboxylic acids is 1. The lowest BCUT2D eigenvalue weighted by atomic mass is 10.2. The van der Waals surface area contributed by atoms with E-state index in [9.17, 15) is 21.6 Å². The highest BCUT2D eigenvalue weighted by Gasteiger charge is 2.28. The summed E-state index contributed by atoms with van der Waals surface area (Å²) in [5.41, 5.74) is 0.616. The molecule has 0 aromatic heterocycles. The quantitative estimate of drug-likeness (QED) is 0.690. The molecule has 0 fully saturated rings. The number of hydrogen-bond acceptors (Lipinski definition) is 6. The Morgan fingerprint density at radius 2 is 1.76 bits per heavy atom. The van der Waals surface area contributed by atoms with Crippen LogP contribution in [0.3, 0.4) is 0 Å². The largest absolute Gasteiger partial charge is 0.468 e. The summed E-state index contributed by atoms with van der Waals surface area (Å²) in [5.74, 6) is -1.23. The average molecular weight is 336 g/mol. The maximum Gasteiger partial charge on any atom is 0.325 e. The summed E-state index contributed by atoms with van der Waals surface area (Å²) in [4.78, 5) is 11.2. The molecule has 1 rings (SSSR count). The SMILES string of the molecule is COC(=O)C(C)S(=O)(=O)Nc1ccc(CS(N)(=O)=O)cc1. The van der Waals surface area contributed by atoms with Crippen LogP contribution in [0.4, 0.5) is 5.69 Å². The molecule has 1 aromatic rings. The Morgan fingerprint density at radius 3 is 2.19 bits per heavy atom. The fourth-order valence-electron chi connectivity index (χ4n) is 1.45. The van der Waals surface area contributed by atoms with Gasteiger partial charge in [0, 0.05) is 5.69 Å². The van der Waals surface area contributed by atoms with Crippen LogP contribution in [0.5, 0.6) is 0 Å². The molecule has 1 unspecified atom stereocenters. The zero-order valence-corrected chi connectivity index (χ0v) is 13.1. The molecular formula is C11H16N2O6S2. The second-order valence-corrected chi connectivity index (χ2v) is 7.93. The summed E-state index contributed by atoms with van der Waals surface area (Å²) in [6.07, 6.45) is 0. The van der Waals surface area contributed by atoms with Crippen molar-refractivity contribution in [1.82, 2.24) is 0 Å². The summed E-state index contributed by atoms with van der Waals surface area (Å²) in [5, 5.41) is 3.54. The highest BCUT2D eigenvalue weighted by Crippen LogP contribution is 2.15. The van der Waals surface area contributed by atoms with Gasteiger partial charge in [0.15, 0.2) is 5.25 Å². The maximum absolute atomic E-state index is 11.9. The zero-order valence-electron chi connectivity index (χ0n) is 11.4. The van der Waals surface area contributed by atoms with Gasteiger partial charge in [0.2, 0.25) is 20.0 Å². The van der Waals surface area contributed by atoms with Crippen LogP contribution in [0.25, 0.3) is 0 Å². The van der Waals surface area contributed by atoms with Crippen LogP contribution >= 0.6 is 0 Å². The van der Waals surface area contributed by atoms with E-state index in [1.807, 2.05) is 0 Å². The van der Waals surface area contributed by atoms with Gasteiger partial charge in [-0.15, -0.1) is 0 Å². The van der Waals surface area contributed by atoms with Crippen LogP contribution in [0.2, 0.25) is 0 Å². The van der Waals surface area contributed by atoms with Gasteiger partial charge in [-0.05, 0) is 24.6 Å². The van der Waals surface area contributed by atoms with Crippen LogP contribution < -0.4 is 9.86 Å². The molecule has 0 saturated heterocycles. The Bertz CT molecular complexity index is 710. The first-order valence-corrected chi connectivity index (χ1v) is 9.00. The maximum atomic E-state index is 11.9. The highest BCUT2D eigenvalue weighted by atomic mass is 32.2. The molecule has 3 N–H and O–H groups in total. The van der Waals surface area contributed by atoms with Gasteiger partial charge in [0.25, 0.3) is 0 Å². The molecule has 0 spiro atoms. The van der Waals surface area contributed by atoms with Crippen LogP contribution in [0.15, 0.2) is 24.3 Å². The Balaban J connectivity index is 2.87. The van der Waals surface area contributed by atoms with Crippen molar-refractivity contribution in [2.24, 2.45) is 5.14 Å². The average Bonchev–Trinajstić information content (AvgIpc) is 2.37. The van der Waals surface area contributed by atoms with E-state index in [0.29, 0.717) is 5.56 Å². The number of methoxy groups -OCH3 is 1. The Kier molecular flexibility index (Phi) is 5.31. The molecule has 21 heavy (non-hydrogen) atoms. The zero-order chi connectivity index (χ0) is 16.3. The van der Waals surface area contributed by atoms with E-state index in [1.165, 1.54) is 31.2 Å². The Labute approximate surface area is 123 Å². The highest BCUT2D eigenvalue weighted by molar-refractivity contribution is 7.94. The summed E-state index contributed by atoms with van der Waals surface area (Å²) in [6.45, 7) is 1.20. The Hall–Kier alpha value is -1.65. The lowest BCUT2D eigenvalue weighted by Gasteiger charge is -2.13. The molecule has 0 aliphatic heterocycles. The second-order valence-electron chi connectivity index (χ2n) is 4.32. The first-order chi connectivity index (χ1) is 9.55. The molecule has 0 bridgehead atoms. The lowest BCUT2D eigenvalue weighted by molar-refractivity contribution is -0.139. The molecule has 1 atom stereocenters. The second kappa shape index (κ2) is 6.41. The smallest absolute Gasteiger partial charge is 0.325 e. The van der Waals surface area contributed by atoms with Crippen LogP contribution in [0, 0.1) is 0 Å². The summed E-state index contributed by atoms with van der Waals surface area (Å²) in [6, 6.07) is 5.60. The number of carbonyl (C=O) groups is 1. The monoisotopic (exact) mass is 336 g/mol. The number of rotatable bonds is 6. The van der Waals surface area contributed by atoms with E-state index in [0.717, 1.165) is 7.11 Å². The van der Waals surface area contributed by atoms with Gasteiger partial charge >= 0.3 is 5.97 Å². The number of primary sulfonamides is 1. The van der Waals surface area contributed by atoms with Crippen molar-refractivity contribution in [3.63, 3.8) is 0 Å². The number of nitrogens with one attached hydrogen (secondary N) is 1. The van der Waals surface area contributed by atoms with Crippen LogP contribution in [0.1, 0.15) is 12.5 Å². The number of benzene rings is 1. The molecule has 8 nitrogen and oxygen atoms in total. The van der Waals surface area contributed by atoms with E-state index in [2.05, 4.69) is 9.46 Å². The lowest BCUT2D eigenvalue weighted by Crippen LogP contribution is -2.33. The number of sulfonamides is 2. The molecule has 0 saturated carbocycles. The number of esters is 1. The van der Waals surface area contributed by atoms with Gasteiger partial charge in [-0.1, -0.05) is 12.1 Å². The normalized spacial score (nSPS) is 13.5. The third kappa shape index (κ3) is 5.33. The van der Waals surface area contributed by atoms with Crippen molar-refractivity contribution in [1.29, 1.82) is 0 Å². The fourth-order valence-corrected chi connectivity index (χ4v) is 3.09. The summed E-state index contributed by atoms with van der Waals surface area (Å²) in [7, 11) is -6.50. The fraction of sp³-hybridized carbons (Fsp3) is 0.364. The first-order valence-electron chi connectivity index (χ1n) is 5.74. The minimum absolute atomic E-state index is 0.198. The summed E-state index contributed by atoms with van der Waals surface area (Å²) >= 11 is 0. The molecule has 0 amide bonds. The van der Waals surface area contributed by atoms with Crippen LogP contribution in [-0.4, -0.2) is 35.2 Å². The van der Waals surface area contributed by atoms with Crippen LogP contribution in [-0.2, 0) is 35.3 Å². The number of hydrogen-bond donors (Lipinski definition) is 2. The summed E-state index contributed by atoms with van der Waals surface area (Å²) < 4.78 is 52.2. The van der Waals surface area contributed by atoms with Gasteiger partial charge in [-0.2, -0.15) is 0 Å². The van der Waals surface area contributed by atoms with Crippen molar-refractivity contribution in [3.05, 3.63) is 29.8 Å². The number of nitrogens with two attached hydrogens (primary N) is 1. The molecule has 1 aromatic carbocycles. The van der Waals surface area contributed by atoms with E-state index in [4.69, 9.17) is 5.14 Å². The predicted molar refractivity (Wildman–Crippen MR) is 77.3 cm³/mol. The van der Waals surface area contributed by atoms with Gasteiger partial charge in [0.05, 0.1) is 12.9 Å². The first kappa shape index (κ1) is 17.4. The molecular weight excluding hydrogens is 320 g/mol. The van der Waals surface area contributed by atoms with Gasteiger partial charge in [-0.3, -0.25) is 9.52 Å².